The number of benzene rings is 1. The summed E-state index contributed by atoms with van der Waals surface area (Å²) in [4.78, 5) is 4.12. The SMILES string of the molecule is CCOc1ccc(OCc2csc(N)n2)cc1. The van der Waals surface area contributed by atoms with Gasteiger partial charge < -0.3 is 15.2 Å². The van der Waals surface area contributed by atoms with Gasteiger partial charge >= 0.3 is 0 Å². The first-order chi connectivity index (χ1) is 8.28. The van der Waals surface area contributed by atoms with E-state index in [2.05, 4.69) is 4.98 Å². The maximum Gasteiger partial charge on any atom is 0.180 e. The highest BCUT2D eigenvalue weighted by Gasteiger charge is 2.00. The fourth-order valence-electron chi connectivity index (χ4n) is 1.34. The molecule has 2 N–H and O–H groups in total. The standard InChI is InChI=1S/C12H14N2O2S/c1-2-15-10-3-5-11(6-4-10)16-7-9-8-17-12(13)14-9/h3-6,8H,2,7H2,1H3,(H2,13,14). The van der Waals surface area contributed by atoms with E-state index >= 15 is 0 Å². The molecule has 1 aromatic heterocycles. The first-order valence-corrected chi connectivity index (χ1v) is 6.21. The summed E-state index contributed by atoms with van der Waals surface area (Å²) in [7, 11) is 0. The molecule has 1 heterocycles. The molecule has 0 fully saturated rings. The van der Waals surface area contributed by atoms with Crippen molar-refractivity contribution in [2.75, 3.05) is 12.3 Å². The van der Waals surface area contributed by atoms with Crippen LogP contribution in [-0.2, 0) is 6.61 Å². The van der Waals surface area contributed by atoms with Crippen molar-refractivity contribution in [1.82, 2.24) is 4.98 Å². The predicted octanol–water partition coefficient (Wildman–Crippen LogP) is 2.70. The maximum atomic E-state index is 5.57. The lowest BCUT2D eigenvalue weighted by Gasteiger charge is -2.06. The summed E-state index contributed by atoms with van der Waals surface area (Å²) in [6.45, 7) is 3.05. The van der Waals surface area contributed by atoms with E-state index in [4.69, 9.17) is 15.2 Å². The molecular weight excluding hydrogens is 236 g/mol. The third kappa shape index (κ3) is 3.35. The number of aromatic nitrogens is 1. The molecule has 2 rings (SSSR count). The number of nitrogens with zero attached hydrogens (tertiary/aromatic N) is 1. The van der Waals surface area contributed by atoms with E-state index in [0.29, 0.717) is 18.3 Å². The van der Waals surface area contributed by atoms with Crippen LogP contribution in [0.5, 0.6) is 11.5 Å². The van der Waals surface area contributed by atoms with Gasteiger partial charge in [0.05, 0.1) is 12.3 Å². The second-order valence-electron chi connectivity index (χ2n) is 3.37. The predicted molar refractivity (Wildman–Crippen MR) is 68.5 cm³/mol. The second-order valence-corrected chi connectivity index (χ2v) is 4.26. The van der Waals surface area contributed by atoms with Crippen LogP contribution in [0.2, 0.25) is 0 Å². The summed E-state index contributed by atoms with van der Waals surface area (Å²) >= 11 is 1.42. The Morgan fingerprint density at radius 3 is 2.35 bits per heavy atom. The van der Waals surface area contributed by atoms with Gasteiger partial charge in [0, 0.05) is 5.38 Å². The lowest BCUT2D eigenvalue weighted by molar-refractivity contribution is 0.300. The molecule has 0 aliphatic carbocycles. The molecule has 4 nitrogen and oxygen atoms in total. The van der Waals surface area contributed by atoms with E-state index in [1.54, 1.807) is 0 Å². The van der Waals surface area contributed by atoms with Crippen molar-refractivity contribution in [3.05, 3.63) is 35.3 Å². The lowest BCUT2D eigenvalue weighted by Crippen LogP contribution is -1.96. The van der Waals surface area contributed by atoms with Gasteiger partial charge in [0.25, 0.3) is 0 Å². The normalized spacial score (nSPS) is 10.2. The number of nitrogen functional groups attached to an aromatic ring is 1. The first kappa shape index (κ1) is 11.7. The van der Waals surface area contributed by atoms with Crippen LogP contribution < -0.4 is 15.2 Å². The number of rotatable bonds is 5. The largest absolute Gasteiger partial charge is 0.494 e. The monoisotopic (exact) mass is 250 g/mol. The van der Waals surface area contributed by atoms with Gasteiger partial charge in [-0.15, -0.1) is 11.3 Å². The fourth-order valence-corrected chi connectivity index (χ4v) is 1.89. The van der Waals surface area contributed by atoms with Gasteiger partial charge in [0.15, 0.2) is 5.13 Å². The van der Waals surface area contributed by atoms with Crippen LogP contribution in [0.4, 0.5) is 5.13 Å². The van der Waals surface area contributed by atoms with Gasteiger partial charge in [-0.2, -0.15) is 0 Å². The summed E-state index contributed by atoms with van der Waals surface area (Å²) in [6, 6.07) is 7.52. The van der Waals surface area contributed by atoms with Crippen molar-refractivity contribution in [3.63, 3.8) is 0 Å². The summed E-state index contributed by atoms with van der Waals surface area (Å²) in [5.74, 6) is 1.64. The molecule has 0 aliphatic heterocycles. The third-order valence-corrected chi connectivity index (χ3v) is 2.81. The van der Waals surface area contributed by atoms with Gasteiger partial charge in [-0.05, 0) is 31.2 Å². The smallest absolute Gasteiger partial charge is 0.180 e. The minimum Gasteiger partial charge on any atom is -0.494 e. The first-order valence-electron chi connectivity index (χ1n) is 5.33. The highest BCUT2D eigenvalue weighted by molar-refractivity contribution is 7.13. The van der Waals surface area contributed by atoms with Crippen molar-refractivity contribution in [1.29, 1.82) is 0 Å². The Bertz CT molecular complexity index is 468. The van der Waals surface area contributed by atoms with E-state index < -0.39 is 0 Å². The van der Waals surface area contributed by atoms with Crippen molar-refractivity contribution in [2.24, 2.45) is 0 Å². The van der Waals surface area contributed by atoms with Crippen molar-refractivity contribution < 1.29 is 9.47 Å². The minimum absolute atomic E-state index is 0.432. The van der Waals surface area contributed by atoms with E-state index in [9.17, 15) is 0 Å². The molecule has 2 aromatic rings. The number of nitrogens with two attached hydrogens (primary N) is 1. The van der Waals surface area contributed by atoms with Crippen LogP contribution in [0, 0.1) is 0 Å². The Balaban J connectivity index is 1.90. The molecule has 17 heavy (non-hydrogen) atoms. The van der Waals surface area contributed by atoms with Gasteiger partial charge in [-0.1, -0.05) is 0 Å². The van der Waals surface area contributed by atoms with Crippen LogP contribution in [0.3, 0.4) is 0 Å². The average Bonchev–Trinajstić information content (AvgIpc) is 2.75. The molecule has 0 bridgehead atoms. The summed E-state index contributed by atoms with van der Waals surface area (Å²) in [5, 5.41) is 2.46. The zero-order chi connectivity index (χ0) is 12.1. The van der Waals surface area contributed by atoms with Crippen molar-refractivity contribution in [3.8, 4) is 11.5 Å². The Morgan fingerprint density at radius 2 is 1.82 bits per heavy atom. The number of hydrogen-bond acceptors (Lipinski definition) is 5. The molecule has 0 spiro atoms. The Labute approximate surface area is 104 Å². The number of anilines is 1. The number of thiazole rings is 1. The summed E-state index contributed by atoms with van der Waals surface area (Å²) in [5.41, 5.74) is 6.38. The van der Waals surface area contributed by atoms with Crippen molar-refractivity contribution >= 4 is 16.5 Å². The molecule has 0 atom stereocenters. The molecule has 0 radical (unpaired) electrons. The Morgan fingerprint density at radius 1 is 1.18 bits per heavy atom. The molecule has 0 saturated carbocycles. The van der Waals surface area contributed by atoms with Gasteiger partial charge in [0.1, 0.15) is 18.1 Å². The number of ether oxygens (including phenoxy) is 2. The molecule has 0 saturated heterocycles. The fraction of sp³-hybridized carbons (Fsp3) is 0.250. The summed E-state index contributed by atoms with van der Waals surface area (Å²) < 4.78 is 10.9. The van der Waals surface area contributed by atoms with Crippen LogP contribution in [0.25, 0.3) is 0 Å². The number of hydrogen-bond donors (Lipinski definition) is 1. The van der Waals surface area contributed by atoms with Gasteiger partial charge in [-0.3, -0.25) is 0 Å². The molecule has 1 aromatic carbocycles. The summed E-state index contributed by atoms with van der Waals surface area (Å²) in [6.07, 6.45) is 0. The zero-order valence-electron chi connectivity index (χ0n) is 9.55. The molecular formula is C12H14N2O2S. The quantitative estimate of drug-likeness (QED) is 0.886. The average molecular weight is 250 g/mol. The zero-order valence-corrected chi connectivity index (χ0v) is 10.4. The van der Waals surface area contributed by atoms with E-state index in [1.807, 2.05) is 36.6 Å². The van der Waals surface area contributed by atoms with E-state index in [1.165, 1.54) is 11.3 Å². The second kappa shape index (κ2) is 5.54. The van der Waals surface area contributed by atoms with Crippen LogP contribution >= 0.6 is 11.3 Å². The van der Waals surface area contributed by atoms with E-state index in [-0.39, 0.29) is 0 Å². The molecule has 0 amide bonds. The van der Waals surface area contributed by atoms with Crippen molar-refractivity contribution in [2.45, 2.75) is 13.5 Å². The molecule has 5 heteroatoms. The molecule has 0 unspecified atom stereocenters. The topological polar surface area (TPSA) is 57.4 Å². The molecule has 0 aliphatic rings. The third-order valence-electron chi connectivity index (χ3n) is 2.09. The lowest BCUT2D eigenvalue weighted by atomic mass is 10.3. The van der Waals surface area contributed by atoms with Crippen LogP contribution in [-0.4, -0.2) is 11.6 Å². The Kier molecular flexibility index (Phi) is 3.82. The Hall–Kier alpha value is -1.75. The van der Waals surface area contributed by atoms with Crippen LogP contribution in [0.1, 0.15) is 12.6 Å². The van der Waals surface area contributed by atoms with Crippen LogP contribution in [0.15, 0.2) is 29.6 Å². The molecule has 90 valence electrons. The van der Waals surface area contributed by atoms with Gasteiger partial charge in [0.2, 0.25) is 0 Å². The van der Waals surface area contributed by atoms with Gasteiger partial charge in [-0.25, -0.2) is 4.98 Å². The highest BCUT2D eigenvalue weighted by atomic mass is 32.1. The maximum absolute atomic E-state index is 5.57. The van der Waals surface area contributed by atoms with E-state index in [0.717, 1.165) is 17.2 Å². The highest BCUT2D eigenvalue weighted by Crippen LogP contribution is 2.19. The minimum atomic E-state index is 0.432.